The number of carbonyl (C=O) groups excluding carboxylic acids is 1. The maximum atomic E-state index is 11.8. The summed E-state index contributed by atoms with van der Waals surface area (Å²) in [5.74, 6) is 0.297. The molecule has 2 rings (SSSR count). The van der Waals surface area contributed by atoms with Gasteiger partial charge >= 0.3 is 0 Å². The van der Waals surface area contributed by atoms with Crippen LogP contribution in [0, 0.1) is 5.92 Å². The molecule has 2 unspecified atom stereocenters. The third-order valence-electron chi connectivity index (χ3n) is 3.61. The molecule has 0 aromatic rings. The Hall–Kier alpha value is -0.570. The molecule has 0 heterocycles. The summed E-state index contributed by atoms with van der Waals surface area (Å²) in [6.07, 6.45) is 7.94. The molecule has 3 N–H and O–H groups in total. The molecule has 0 aliphatic heterocycles. The number of hydrogen-bond acceptors (Lipinski definition) is 2. The molecule has 0 spiro atoms. The van der Waals surface area contributed by atoms with Gasteiger partial charge in [0, 0.05) is 12.1 Å². The molecule has 14 heavy (non-hydrogen) atoms. The van der Waals surface area contributed by atoms with Crippen LogP contribution in [0.5, 0.6) is 0 Å². The second-order valence-corrected chi connectivity index (χ2v) is 4.69. The lowest BCUT2D eigenvalue weighted by Gasteiger charge is -2.32. The van der Waals surface area contributed by atoms with Crippen molar-refractivity contribution in [2.75, 3.05) is 0 Å². The quantitative estimate of drug-likeness (QED) is 0.696. The van der Waals surface area contributed by atoms with Crippen molar-refractivity contribution < 1.29 is 4.79 Å². The first kappa shape index (κ1) is 9.97. The highest BCUT2D eigenvalue weighted by Crippen LogP contribution is 2.25. The molecule has 2 saturated carbocycles. The van der Waals surface area contributed by atoms with Crippen LogP contribution in [0.2, 0.25) is 0 Å². The van der Waals surface area contributed by atoms with Gasteiger partial charge in [-0.2, -0.15) is 0 Å². The van der Waals surface area contributed by atoms with Crippen LogP contribution < -0.4 is 11.1 Å². The normalized spacial score (nSPS) is 33.5. The zero-order chi connectivity index (χ0) is 9.97. The lowest BCUT2D eigenvalue weighted by Crippen LogP contribution is -2.48. The Balaban J connectivity index is 1.82. The second-order valence-electron chi connectivity index (χ2n) is 4.69. The van der Waals surface area contributed by atoms with E-state index >= 15 is 0 Å². The van der Waals surface area contributed by atoms with Crippen LogP contribution in [-0.4, -0.2) is 18.0 Å². The summed E-state index contributed by atoms with van der Waals surface area (Å²) >= 11 is 0. The third-order valence-corrected chi connectivity index (χ3v) is 3.61. The molecule has 0 saturated heterocycles. The van der Waals surface area contributed by atoms with Gasteiger partial charge in [-0.25, -0.2) is 0 Å². The van der Waals surface area contributed by atoms with E-state index in [-0.39, 0.29) is 17.9 Å². The van der Waals surface area contributed by atoms with E-state index in [1.807, 2.05) is 0 Å². The second kappa shape index (κ2) is 4.30. The summed E-state index contributed by atoms with van der Waals surface area (Å²) < 4.78 is 0. The van der Waals surface area contributed by atoms with Crippen LogP contribution in [0.3, 0.4) is 0 Å². The molecule has 3 nitrogen and oxygen atoms in total. The van der Waals surface area contributed by atoms with Gasteiger partial charge in [0.05, 0.1) is 5.92 Å². The highest BCUT2D eigenvalue weighted by Gasteiger charge is 2.30. The van der Waals surface area contributed by atoms with Crippen LogP contribution in [0.25, 0.3) is 0 Å². The maximum absolute atomic E-state index is 11.8. The van der Waals surface area contributed by atoms with Crippen molar-refractivity contribution in [2.24, 2.45) is 11.7 Å². The summed E-state index contributed by atoms with van der Waals surface area (Å²) in [5, 5.41) is 3.10. The summed E-state index contributed by atoms with van der Waals surface area (Å²) in [7, 11) is 0. The molecule has 0 aromatic carbocycles. The van der Waals surface area contributed by atoms with Crippen molar-refractivity contribution >= 4 is 5.91 Å². The van der Waals surface area contributed by atoms with E-state index in [2.05, 4.69) is 5.32 Å². The van der Waals surface area contributed by atoms with E-state index in [4.69, 9.17) is 5.73 Å². The Morgan fingerprint density at radius 2 is 1.79 bits per heavy atom. The minimum absolute atomic E-state index is 0.0874. The number of amides is 1. The molecule has 0 radical (unpaired) electrons. The topological polar surface area (TPSA) is 55.1 Å². The monoisotopic (exact) mass is 196 g/mol. The number of hydrogen-bond donors (Lipinski definition) is 2. The van der Waals surface area contributed by atoms with Gasteiger partial charge in [-0.15, -0.1) is 0 Å². The number of carbonyl (C=O) groups is 1. The average Bonchev–Trinajstić information content (AvgIpc) is 2.12. The SMILES string of the molecule is NC1CCCCC1C(=O)NC1CCC1. The van der Waals surface area contributed by atoms with Crippen molar-refractivity contribution in [1.29, 1.82) is 0 Å². The first-order valence-corrected chi connectivity index (χ1v) is 5.83. The zero-order valence-corrected chi connectivity index (χ0v) is 8.67. The van der Waals surface area contributed by atoms with E-state index < -0.39 is 0 Å². The first-order chi connectivity index (χ1) is 6.77. The first-order valence-electron chi connectivity index (χ1n) is 5.83. The smallest absolute Gasteiger partial charge is 0.224 e. The van der Waals surface area contributed by atoms with Crippen LogP contribution in [0.1, 0.15) is 44.9 Å². The predicted octanol–water partition coefficient (Wildman–Crippen LogP) is 1.17. The molecule has 80 valence electrons. The van der Waals surface area contributed by atoms with Gasteiger partial charge in [-0.1, -0.05) is 12.8 Å². The maximum Gasteiger partial charge on any atom is 0.224 e. The largest absolute Gasteiger partial charge is 0.353 e. The fourth-order valence-corrected chi connectivity index (χ4v) is 2.35. The van der Waals surface area contributed by atoms with Gasteiger partial charge in [0.15, 0.2) is 0 Å². The van der Waals surface area contributed by atoms with Gasteiger partial charge < -0.3 is 11.1 Å². The molecule has 2 atom stereocenters. The number of nitrogens with one attached hydrogen (secondary N) is 1. The van der Waals surface area contributed by atoms with E-state index in [1.165, 1.54) is 12.8 Å². The fraction of sp³-hybridized carbons (Fsp3) is 0.909. The minimum Gasteiger partial charge on any atom is -0.353 e. The lowest BCUT2D eigenvalue weighted by molar-refractivity contribution is -0.127. The molecule has 2 aliphatic rings. The highest BCUT2D eigenvalue weighted by molar-refractivity contribution is 5.79. The Bertz CT molecular complexity index is 213. The fourth-order valence-electron chi connectivity index (χ4n) is 2.35. The van der Waals surface area contributed by atoms with Crippen LogP contribution in [-0.2, 0) is 4.79 Å². The molecule has 0 aromatic heterocycles. The van der Waals surface area contributed by atoms with Crippen LogP contribution >= 0.6 is 0 Å². The van der Waals surface area contributed by atoms with Gasteiger partial charge in [0.25, 0.3) is 0 Å². The van der Waals surface area contributed by atoms with Crippen LogP contribution in [0.15, 0.2) is 0 Å². The highest BCUT2D eigenvalue weighted by atomic mass is 16.2. The van der Waals surface area contributed by atoms with Crippen molar-refractivity contribution in [2.45, 2.75) is 57.0 Å². The number of rotatable bonds is 2. The van der Waals surface area contributed by atoms with E-state index in [9.17, 15) is 4.79 Å². The summed E-state index contributed by atoms with van der Waals surface area (Å²) in [5.41, 5.74) is 5.95. The average molecular weight is 196 g/mol. The summed E-state index contributed by atoms with van der Waals surface area (Å²) in [6, 6.07) is 0.556. The Labute approximate surface area is 85.4 Å². The summed E-state index contributed by atoms with van der Waals surface area (Å²) in [6.45, 7) is 0. The van der Waals surface area contributed by atoms with Gasteiger partial charge in [-0.05, 0) is 32.1 Å². The molecular weight excluding hydrogens is 176 g/mol. The Morgan fingerprint density at radius 1 is 1.07 bits per heavy atom. The van der Waals surface area contributed by atoms with E-state index in [0.717, 1.165) is 32.1 Å². The number of nitrogens with two attached hydrogens (primary N) is 1. The van der Waals surface area contributed by atoms with Gasteiger partial charge in [0.1, 0.15) is 0 Å². The molecule has 0 bridgehead atoms. The van der Waals surface area contributed by atoms with Crippen molar-refractivity contribution in [1.82, 2.24) is 5.32 Å². The zero-order valence-electron chi connectivity index (χ0n) is 8.67. The molecular formula is C11H20N2O. The lowest BCUT2D eigenvalue weighted by atomic mass is 9.83. The van der Waals surface area contributed by atoms with Gasteiger partial charge in [0.2, 0.25) is 5.91 Å². The van der Waals surface area contributed by atoms with Crippen molar-refractivity contribution in [3.63, 3.8) is 0 Å². The van der Waals surface area contributed by atoms with Crippen molar-refractivity contribution in [3.05, 3.63) is 0 Å². The van der Waals surface area contributed by atoms with E-state index in [0.29, 0.717) is 6.04 Å². The summed E-state index contributed by atoms with van der Waals surface area (Å²) in [4.78, 5) is 11.8. The van der Waals surface area contributed by atoms with Crippen LogP contribution in [0.4, 0.5) is 0 Å². The van der Waals surface area contributed by atoms with Crippen molar-refractivity contribution in [3.8, 4) is 0 Å². The molecule has 1 amide bonds. The Kier molecular flexibility index (Phi) is 3.06. The molecule has 3 heteroatoms. The van der Waals surface area contributed by atoms with Gasteiger partial charge in [-0.3, -0.25) is 4.79 Å². The minimum atomic E-state index is 0.0874. The third kappa shape index (κ3) is 2.08. The standard InChI is InChI=1S/C11H20N2O/c12-10-7-2-1-6-9(10)11(14)13-8-4-3-5-8/h8-10H,1-7,12H2,(H,13,14). The molecule has 2 aliphatic carbocycles. The predicted molar refractivity (Wildman–Crippen MR) is 55.7 cm³/mol. The van der Waals surface area contributed by atoms with E-state index in [1.54, 1.807) is 0 Å². The Morgan fingerprint density at radius 3 is 2.36 bits per heavy atom. The molecule has 2 fully saturated rings.